The van der Waals surface area contributed by atoms with Crippen LogP contribution in [0.2, 0.25) is 5.02 Å². The predicted molar refractivity (Wildman–Crippen MR) is 84.8 cm³/mol. The van der Waals surface area contributed by atoms with Crippen molar-refractivity contribution in [3.8, 4) is 0 Å². The molecule has 2 rings (SSSR count). The molecule has 2 aromatic rings. The molecular formula is C16H21ClFNO. The summed E-state index contributed by atoms with van der Waals surface area (Å²) < 4.78 is 14.5. The van der Waals surface area contributed by atoms with E-state index in [2.05, 4.69) is 0 Å². The third-order valence-electron chi connectivity index (χ3n) is 3.22. The van der Waals surface area contributed by atoms with Crippen molar-refractivity contribution in [2.45, 2.75) is 19.4 Å². The normalized spacial score (nSPS) is 12.2. The standard InChI is InChI=1S/C16H15ClFNO.3H2/c1-2-13(19)11-8-9-12(17)14(15(11)18)16(20)10-6-4-3-5-7-10;;;/h3-9,13H,2,19H2,1H3;3*1H/t13-;;;/m0.../s1. The van der Waals surface area contributed by atoms with Crippen LogP contribution in [-0.4, -0.2) is 5.78 Å². The summed E-state index contributed by atoms with van der Waals surface area (Å²) in [6, 6.07) is 11.1. The first-order valence-corrected chi connectivity index (χ1v) is 6.77. The van der Waals surface area contributed by atoms with Gasteiger partial charge in [0.25, 0.3) is 0 Å². The van der Waals surface area contributed by atoms with E-state index in [9.17, 15) is 9.18 Å². The first-order valence-electron chi connectivity index (χ1n) is 6.39. The number of carbonyl (C=O) groups excluding carboxylic acids is 1. The van der Waals surface area contributed by atoms with E-state index >= 15 is 0 Å². The third kappa shape index (κ3) is 2.74. The Morgan fingerprint density at radius 3 is 2.55 bits per heavy atom. The molecule has 0 fully saturated rings. The van der Waals surface area contributed by atoms with Gasteiger partial charge in [-0.15, -0.1) is 0 Å². The van der Waals surface area contributed by atoms with Crippen molar-refractivity contribution in [2.75, 3.05) is 0 Å². The Kier molecular flexibility index (Phi) is 4.53. The summed E-state index contributed by atoms with van der Waals surface area (Å²) in [4.78, 5) is 12.4. The van der Waals surface area contributed by atoms with Crippen molar-refractivity contribution in [1.82, 2.24) is 0 Å². The topological polar surface area (TPSA) is 43.1 Å². The minimum atomic E-state index is -0.624. The molecule has 0 aliphatic heterocycles. The Hall–Kier alpha value is -1.71. The van der Waals surface area contributed by atoms with E-state index in [0.717, 1.165) is 0 Å². The fourth-order valence-electron chi connectivity index (χ4n) is 2.02. The monoisotopic (exact) mass is 297 g/mol. The van der Waals surface area contributed by atoms with Gasteiger partial charge in [0, 0.05) is 21.4 Å². The lowest BCUT2D eigenvalue weighted by Crippen LogP contribution is -2.14. The SMILES string of the molecule is CC[C@H](N)c1ccc(Cl)c(C(=O)c2ccccc2)c1F.[HH].[HH].[HH]. The minimum absolute atomic E-state index is 0. The first-order chi connectivity index (χ1) is 9.56. The zero-order valence-corrected chi connectivity index (χ0v) is 11.8. The molecule has 0 aromatic heterocycles. The molecule has 4 heteroatoms. The molecule has 0 saturated carbocycles. The Balaban J connectivity index is 0. The summed E-state index contributed by atoms with van der Waals surface area (Å²) in [5.41, 5.74) is 6.46. The van der Waals surface area contributed by atoms with Crippen molar-refractivity contribution >= 4 is 17.4 Å². The van der Waals surface area contributed by atoms with Crippen LogP contribution in [0.3, 0.4) is 0 Å². The highest BCUT2D eigenvalue weighted by molar-refractivity contribution is 6.35. The zero-order valence-electron chi connectivity index (χ0n) is 11.1. The van der Waals surface area contributed by atoms with Gasteiger partial charge in [-0.1, -0.05) is 54.9 Å². The maximum Gasteiger partial charge on any atom is 0.197 e. The fourth-order valence-corrected chi connectivity index (χ4v) is 2.25. The summed E-state index contributed by atoms with van der Waals surface area (Å²) in [5, 5.41) is 0.100. The fraction of sp³-hybridized carbons (Fsp3) is 0.188. The quantitative estimate of drug-likeness (QED) is 0.819. The van der Waals surface area contributed by atoms with Crippen molar-refractivity contribution in [3.63, 3.8) is 0 Å². The predicted octanol–water partition coefficient (Wildman–Crippen LogP) is 4.86. The number of benzene rings is 2. The number of halogens is 2. The highest BCUT2D eigenvalue weighted by Crippen LogP contribution is 2.28. The van der Waals surface area contributed by atoms with Crippen LogP contribution in [0, 0.1) is 5.82 Å². The molecule has 110 valence electrons. The molecule has 0 aliphatic rings. The van der Waals surface area contributed by atoms with Crippen LogP contribution in [0.25, 0.3) is 0 Å². The zero-order chi connectivity index (χ0) is 14.7. The van der Waals surface area contributed by atoms with Gasteiger partial charge in [-0.2, -0.15) is 0 Å². The number of carbonyl (C=O) groups is 1. The van der Waals surface area contributed by atoms with Gasteiger partial charge in [-0.25, -0.2) is 4.39 Å². The maximum atomic E-state index is 14.5. The van der Waals surface area contributed by atoms with Crippen LogP contribution in [0.15, 0.2) is 42.5 Å². The molecule has 20 heavy (non-hydrogen) atoms. The van der Waals surface area contributed by atoms with Crippen LogP contribution < -0.4 is 5.73 Å². The number of hydrogen-bond donors (Lipinski definition) is 1. The number of ketones is 1. The van der Waals surface area contributed by atoms with Crippen molar-refractivity contribution < 1.29 is 13.5 Å². The van der Waals surface area contributed by atoms with Crippen LogP contribution in [0.4, 0.5) is 4.39 Å². The summed E-state index contributed by atoms with van der Waals surface area (Å²) >= 11 is 5.99. The average Bonchev–Trinajstić information content (AvgIpc) is 2.47. The van der Waals surface area contributed by atoms with Crippen molar-refractivity contribution in [3.05, 3.63) is 70.0 Å². The van der Waals surface area contributed by atoms with E-state index in [1.807, 2.05) is 6.92 Å². The van der Waals surface area contributed by atoms with Gasteiger partial charge in [0.1, 0.15) is 5.82 Å². The third-order valence-corrected chi connectivity index (χ3v) is 3.54. The van der Waals surface area contributed by atoms with Gasteiger partial charge >= 0.3 is 0 Å². The maximum absolute atomic E-state index is 14.5. The highest BCUT2D eigenvalue weighted by Gasteiger charge is 2.22. The Morgan fingerprint density at radius 2 is 1.95 bits per heavy atom. The molecular weight excluding hydrogens is 277 g/mol. The molecule has 2 nitrogen and oxygen atoms in total. The molecule has 0 radical (unpaired) electrons. The van der Waals surface area contributed by atoms with Gasteiger partial charge in [0.15, 0.2) is 5.78 Å². The van der Waals surface area contributed by atoms with Crippen molar-refractivity contribution in [2.24, 2.45) is 5.73 Å². The van der Waals surface area contributed by atoms with E-state index < -0.39 is 17.6 Å². The van der Waals surface area contributed by atoms with Gasteiger partial charge in [0.05, 0.1) is 10.6 Å². The van der Waals surface area contributed by atoms with Gasteiger partial charge in [0.2, 0.25) is 0 Å². The average molecular weight is 298 g/mol. The smallest absolute Gasteiger partial charge is 0.197 e. The van der Waals surface area contributed by atoms with E-state index in [4.69, 9.17) is 17.3 Å². The number of nitrogens with two attached hydrogens (primary N) is 1. The largest absolute Gasteiger partial charge is 0.324 e. The van der Waals surface area contributed by atoms with Gasteiger partial charge in [-0.3, -0.25) is 4.79 Å². The number of hydrogen-bond acceptors (Lipinski definition) is 2. The Labute approximate surface area is 126 Å². The Morgan fingerprint density at radius 1 is 1.30 bits per heavy atom. The van der Waals surface area contributed by atoms with Gasteiger partial charge in [-0.05, 0) is 12.5 Å². The second-order valence-corrected chi connectivity index (χ2v) is 4.94. The van der Waals surface area contributed by atoms with E-state index in [1.54, 1.807) is 30.3 Å². The summed E-state index contributed by atoms with van der Waals surface area (Å²) in [7, 11) is 0. The lowest BCUT2D eigenvalue weighted by atomic mass is 9.97. The summed E-state index contributed by atoms with van der Waals surface area (Å²) in [6.07, 6.45) is 0.581. The lowest BCUT2D eigenvalue weighted by molar-refractivity contribution is 0.103. The minimum Gasteiger partial charge on any atom is -0.324 e. The lowest BCUT2D eigenvalue weighted by Gasteiger charge is -2.14. The van der Waals surface area contributed by atoms with Crippen LogP contribution >= 0.6 is 11.6 Å². The highest BCUT2D eigenvalue weighted by atomic mass is 35.5. The molecule has 0 bridgehead atoms. The Bertz CT molecular complexity index is 641. The van der Waals surface area contributed by atoms with Crippen LogP contribution in [0.1, 0.15) is 45.2 Å². The molecule has 1 atom stereocenters. The van der Waals surface area contributed by atoms with Crippen LogP contribution in [0.5, 0.6) is 0 Å². The van der Waals surface area contributed by atoms with Crippen LogP contribution in [-0.2, 0) is 0 Å². The molecule has 0 amide bonds. The van der Waals surface area contributed by atoms with E-state index in [0.29, 0.717) is 17.5 Å². The summed E-state index contributed by atoms with van der Waals surface area (Å²) in [5.74, 6) is -1.06. The van der Waals surface area contributed by atoms with E-state index in [-0.39, 0.29) is 14.9 Å². The second-order valence-electron chi connectivity index (χ2n) is 4.54. The van der Waals surface area contributed by atoms with Crippen molar-refractivity contribution in [1.29, 1.82) is 0 Å². The molecule has 0 aliphatic carbocycles. The first kappa shape index (κ1) is 14.7. The second kappa shape index (κ2) is 6.16. The number of rotatable bonds is 4. The molecule has 2 N–H and O–H groups in total. The molecule has 0 unspecified atom stereocenters. The molecule has 2 aromatic carbocycles. The van der Waals surface area contributed by atoms with E-state index in [1.165, 1.54) is 12.1 Å². The molecule has 0 saturated heterocycles. The molecule has 0 heterocycles. The molecule has 0 spiro atoms. The summed E-state index contributed by atoms with van der Waals surface area (Å²) in [6.45, 7) is 1.86. The van der Waals surface area contributed by atoms with Gasteiger partial charge < -0.3 is 5.73 Å².